The molecule has 0 aliphatic carbocycles. The maximum absolute atomic E-state index is 10.7. The van der Waals surface area contributed by atoms with E-state index in [0.29, 0.717) is 0 Å². The largest absolute Gasteiger partial charge is 0.481 e. The van der Waals surface area contributed by atoms with Gasteiger partial charge in [-0.1, -0.05) is 12.1 Å². The molecule has 0 aromatic heterocycles. The molecule has 0 saturated carbocycles. The Labute approximate surface area is 94.7 Å². The Morgan fingerprint density at radius 2 is 2.00 bits per heavy atom. The van der Waals surface area contributed by atoms with E-state index in [0.717, 1.165) is 31.5 Å². The average molecular weight is 217 g/mol. The standard InChI is InChI=1S/C13H15NO2/c15-12(16)8-9-6-10-2-1-4-14-5-3-11(7-9)13(10)14/h6-7H,1-5,8H2,(H,15,16). The van der Waals surface area contributed by atoms with Crippen LogP contribution in [-0.2, 0) is 24.1 Å². The number of carboxylic acids is 1. The van der Waals surface area contributed by atoms with Gasteiger partial charge in [-0.2, -0.15) is 0 Å². The van der Waals surface area contributed by atoms with E-state index in [1.807, 2.05) is 0 Å². The molecule has 0 unspecified atom stereocenters. The molecule has 1 aromatic rings. The lowest BCUT2D eigenvalue weighted by Gasteiger charge is -2.27. The summed E-state index contributed by atoms with van der Waals surface area (Å²) in [5, 5.41) is 8.83. The summed E-state index contributed by atoms with van der Waals surface area (Å²) in [4.78, 5) is 13.2. The van der Waals surface area contributed by atoms with Gasteiger partial charge in [-0.3, -0.25) is 4.79 Å². The highest BCUT2D eigenvalue weighted by Gasteiger charge is 2.26. The maximum Gasteiger partial charge on any atom is 0.307 e. The molecule has 84 valence electrons. The van der Waals surface area contributed by atoms with Crippen LogP contribution in [0, 0.1) is 0 Å². The van der Waals surface area contributed by atoms with Crippen molar-refractivity contribution in [3.8, 4) is 0 Å². The Hall–Kier alpha value is -1.51. The quantitative estimate of drug-likeness (QED) is 0.818. The van der Waals surface area contributed by atoms with Crippen LogP contribution in [0.4, 0.5) is 5.69 Å². The molecule has 0 saturated heterocycles. The SMILES string of the molecule is O=C(O)Cc1cc2c3c(c1)CCN3CCC2. The minimum Gasteiger partial charge on any atom is -0.481 e. The van der Waals surface area contributed by atoms with Crippen molar-refractivity contribution in [2.75, 3.05) is 18.0 Å². The molecule has 1 aromatic carbocycles. The van der Waals surface area contributed by atoms with E-state index in [9.17, 15) is 4.79 Å². The van der Waals surface area contributed by atoms with Crippen molar-refractivity contribution in [1.29, 1.82) is 0 Å². The first kappa shape index (κ1) is 9.70. The molecule has 0 fully saturated rings. The Balaban J connectivity index is 2.04. The summed E-state index contributed by atoms with van der Waals surface area (Å²) in [7, 11) is 0. The molecule has 3 rings (SSSR count). The van der Waals surface area contributed by atoms with Crippen LogP contribution in [0.1, 0.15) is 23.1 Å². The van der Waals surface area contributed by atoms with Gasteiger partial charge in [0.2, 0.25) is 0 Å². The number of aliphatic carboxylic acids is 1. The minimum atomic E-state index is -0.738. The Morgan fingerprint density at radius 3 is 2.75 bits per heavy atom. The molecule has 2 aliphatic rings. The second-order valence-electron chi connectivity index (χ2n) is 4.67. The highest BCUT2D eigenvalue weighted by molar-refractivity contribution is 5.72. The fraction of sp³-hybridized carbons (Fsp3) is 0.462. The number of hydrogen-bond acceptors (Lipinski definition) is 2. The van der Waals surface area contributed by atoms with E-state index in [1.54, 1.807) is 0 Å². The van der Waals surface area contributed by atoms with Gasteiger partial charge in [-0.15, -0.1) is 0 Å². The average Bonchev–Trinajstić information content (AvgIpc) is 2.62. The van der Waals surface area contributed by atoms with E-state index in [1.165, 1.54) is 23.2 Å². The summed E-state index contributed by atoms with van der Waals surface area (Å²) in [6.07, 6.45) is 3.53. The van der Waals surface area contributed by atoms with Crippen LogP contribution in [0.15, 0.2) is 12.1 Å². The van der Waals surface area contributed by atoms with Crippen molar-refractivity contribution in [2.45, 2.75) is 25.7 Å². The van der Waals surface area contributed by atoms with Crippen molar-refractivity contribution < 1.29 is 9.90 Å². The van der Waals surface area contributed by atoms with Crippen molar-refractivity contribution in [3.63, 3.8) is 0 Å². The number of hydrogen-bond donors (Lipinski definition) is 1. The fourth-order valence-electron chi connectivity index (χ4n) is 2.95. The van der Waals surface area contributed by atoms with Gasteiger partial charge in [-0.25, -0.2) is 0 Å². The molecule has 0 spiro atoms. The van der Waals surface area contributed by atoms with Crippen LogP contribution in [-0.4, -0.2) is 24.2 Å². The fourth-order valence-corrected chi connectivity index (χ4v) is 2.95. The normalized spacial score (nSPS) is 17.4. The Kier molecular flexibility index (Phi) is 2.13. The minimum absolute atomic E-state index is 0.153. The summed E-state index contributed by atoms with van der Waals surface area (Å²) in [5.74, 6) is -0.738. The van der Waals surface area contributed by atoms with Gasteiger partial charge in [0, 0.05) is 18.8 Å². The number of anilines is 1. The molecule has 16 heavy (non-hydrogen) atoms. The molecule has 3 heteroatoms. The zero-order valence-corrected chi connectivity index (χ0v) is 9.20. The summed E-state index contributed by atoms with van der Waals surface area (Å²) in [6, 6.07) is 4.17. The molecule has 3 nitrogen and oxygen atoms in total. The van der Waals surface area contributed by atoms with E-state index in [4.69, 9.17) is 5.11 Å². The first-order chi connectivity index (χ1) is 7.74. The highest BCUT2D eigenvalue weighted by Crippen LogP contribution is 2.36. The van der Waals surface area contributed by atoms with Crippen molar-refractivity contribution in [1.82, 2.24) is 0 Å². The lowest BCUT2D eigenvalue weighted by Crippen LogP contribution is -2.26. The topological polar surface area (TPSA) is 40.5 Å². The zero-order chi connectivity index (χ0) is 11.1. The Morgan fingerprint density at radius 1 is 1.25 bits per heavy atom. The molecule has 2 aliphatic heterocycles. The molecule has 0 amide bonds. The number of carbonyl (C=O) groups is 1. The predicted molar refractivity (Wildman–Crippen MR) is 62.0 cm³/mol. The number of nitrogens with zero attached hydrogens (tertiary/aromatic N) is 1. The van der Waals surface area contributed by atoms with Gasteiger partial charge in [0.05, 0.1) is 6.42 Å². The molecule has 1 N–H and O–H groups in total. The predicted octanol–water partition coefficient (Wildman–Crippen LogP) is 1.62. The summed E-state index contributed by atoms with van der Waals surface area (Å²) >= 11 is 0. The van der Waals surface area contributed by atoms with Gasteiger partial charge < -0.3 is 10.0 Å². The lowest BCUT2D eigenvalue weighted by atomic mass is 9.96. The smallest absolute Gasteiger partial charge is 0.307 e. The summed E-state index contributed by atoms with van der Waals surface area (Å²) < 4.78 is 0. The molecule has 0 radical (unpaired) electrons. The third-order valence-electron chi connectivity index (χ3n) is 3.52. The van der Waals surface area contributed by atoms with E-state index in [-0.39, 0.29) is 6.42 Å². The van der Waals surface area contributed by atoms with Crippen LogP contribution >= 0.6 is 0 Å². The first-order valence-electron chi connectivity index (χ1n) is 5.85. The first-order valence-corrected chi connectivity index (χ1v) is 5.85. The van der Waals surface area contributed by atoms with Crippen molar-refractivity contribution >= 4 is 11.7 Å². The number of aryl methyl sites for hydroxylation is 1. The molecule has 2 heterocycles. The van der Waals surface area contributed by atoms with Crippen LogP contribution in [0.25, 0.3) is 0 Å². The van der Waals surface area contributed by atoms with Gasteiger partial charge in [-0.05, 0) is 36.0 Å². The van der Waals surface area contributed by atoms with Crippen molar-refractivity contribution in [3.05, 3.63) is 28.8 Å². The summed E-state index contributed by atoms with van der Waals surface area (Å²) in [6.45, 7) is 2.27. The molecular formula is C13H15NO2. The maximum atomic E-state index is 10.7. The second-order valence-corrected chi connectivity index (χ2v) is 4.67. The second kappa shape index (κ2) is 3.51. The van der Waals surface area contributed by atoms with Crippen molar-refractivity contribution in [2.24, 2.45) is 0 Å². The lowest BCUT2D eigenvalue weighted by molar-refractivity contribution is -0.136. The molecule has 0 bridgehead atoms. The van der Waals surface area contributed by atoms with Crippen LogP contribution < -0.4 is 4.90 Å². The van der Waals surface area contributed by atoms with E-state index < -0.39 is 5.97 Å². The van der Waals surface area contributed by atoms with Gasteiger partial charge in [0.15, 0.2) is 0 Å². The van der Waals surface area contributed by atoms with Crippen LogP contribution in [0.5, 0.6) is 0 Å². The van der Waals surface area contributed by atoms with Crippen LogP contribution in [0.3, 0.4) is 0 Å². The van der Waals surface area contributed by atoms with Crippen LogP contribution in [0.2, 0.25) is 0 Å². The number of carboxylic acid groups (broad SMARTS) is 1. The zero-order valence-electron chi connectivity index (χ0n) is 9.20. The van der Waals surface area contributed by atoms with Gasteiger partial charge >= 0.3 is 5.97 Å². The number of rotatable bonds is 2. The monoisotopic (exact) mass is 217 g/mol. The molecular weight excluding hydrogens is 202 g/mol. The highest BCUT2D eigenvalue weighted by atomic mass is 16.4. The van der Waals surface area contributed by atoms with E-state index >= 15 is 0 Å². The molecule has 0 atom stereocenters. The number of benzene rings is 1. The third-order valence-corrected chi connectivity index (χ3v) is 3.52. The van der Waals surface area contributed by atoms with Gasteiger partial charge in [0.1, 0.15) is 0 Å². The third kappa shape index (κ3) is 1.47. The Bertz CT molecular complexity index is 453. The van der Waals surface area contributed by atoms with Gasteiger partial charge in [0.25, 0.3) is 0 Å². The van der Waals surface area contributed by atoms with E-state index in [2.05, 4.69) is 17.0 Å². The summed E-state index contributed by atoms with van der Waals surface area (Å²) in [5.41, 5.74) is 5.08.